The smallest absolute Gasteiger partial charge is 0.127 e. The summed E-state index contributed by atoms with van der Waals surface area (Å²) in [5, 5.41) is 21.2. The molecule has 250 valence electrons. The van der Waals surface area contributed by atoms with Crippen LogP contribution in [-0.2, 0) is 28.1 Å². The van der Waals surface area contributed by atoms with Crippen molar-refractivity contribution in [2.24, 2.45) is 0 Å². The van der Waals surface area contributed by atoms with Gasteiger partial charge in [0.05, 0.1) is 31.8 Å². The van der Waals surface area contributed by atoms with E-state index in [0.717, 1.165) is 33.4 Å². The zero-order valence-corrected chi connectivity index (χ0v) is 29.2. The van der Waals surface area contributed by atoms with Crippen molar-refractivity contribution in [1.29, 1.82) is 0 Å². The average Bonchev–Trinajstić information content (AvgIpc) is 4.03. The Morgan fingerprint density at radius 3 is 1.34 bits per heavy atom. The largest absolute Gasteiger partial charge is 0.490 e. The highest BCUT2D eigenvalue weighted by molar-refractivity contribution is 5.87. The lowest BCUT2D eigenvalue weighted by molar-refractivity contribution is 0.242. The Morgan fingerprint density at radius 2 is 1.00 bits per heavy atom. The first-order valence-electron chi connectivity index (χ1n) is 17.0. The maximum absolute atomic E-state index is 10.6. The number of hydrogen-bond donors (Lipinski definition) is 2. The van der Waals surface area contributed by atoms with Crippen molar-refractivity contribution in [3.8, 4) is 22.6 Å². The van der Waals surface area contributed by atoms with Crippen LogP contribution in [0.25, 0.3) is 11.1 Å². The number of fused-ring (bicyclic) bond motifs is 3. The SMILES string of the molecule is CC.CC.Cc1ccc2c(c1)C(c1cc(C)c(OCC3CO3)c(CO)c1)(c1cc(C)c(OCC3CO3)c(CO)c1)c1cc(C)ccc1-2. The average molecular weight is 639 g/mol. The zero-order chi connectivity index (χ0) is 33.9. The minimum atomic E-state index is -0.706. The summed E-state index contributed by atoms with van der Waals surface area (Å²) in [6.45, 7) is 18.4. The fraction of sp³-hybridized carbons (Fsp3) is 0.415. The molecule has 6 heteroatoms. The number of hydrogen-bond acceptors (Lipinski definition) is 6. The second kappa shape index (κ2) is 14.6. The summed E-state index contributed by atoms with van der Waals surface area (Å²) in [5.41, 5.74) is 11.9. The topological polar surface area (TPSA) is 84.0 Å². The standard InChI is InChI=1S/C37H38O6.2C2H6/c1-21-5-7-31-32-8-6-22(2)10-34(32)37(33(31)9-21,27-11-23(3)35(25(13-27)15-38)42-19-29-17-40-29)28-12-24(4)36(26(14-28)16-39)43-20-30-18-41-30;2*1-2/h5-14,29-30,38-39H,15-20H2,1-4H3;2*1-2H3. The Bertz CT molecular complexity index is 1590. The molecule has 2 atom stereocenters. The summed E-state index contributed by atoms with van der Waals surface area (Å²) in [6.07, 6.45) is 0.229. The number of epoxide rings is 2. The number of aryl methyl sites for hydroxylation is 4. The molecule has 0 bridgehead atoms. The Hall–Kier alpha value is -3.68. The number of ether oxygens (including phenoxy) is 4. The first-order valence-corrected chi connectivity index (χ1v) is 17.0. The predicted octanol–water partition coefficient (Wildman–Crippen LogP) is 7.88. The fourth-order valence-corrected chi connectivity index (χ4v) is 6.80. The second-order valence-electron chi connectivity index (χ2n) is 12.3. The summed E-state index contributed by atoms with van der Waals surface area (Å²) in [7, 11) is 0. The number of aliphatic hydroxyl groups excluding tert-OH is 2. The molecule has 4 aromatic rings. The van der Waals surface area contributed by atoms with Gasteiger partial charge in [0.1, 0.15) is 36.9 Å². The van der Waals surface area contributed by atoms with Crippen LogP contribution in [0.1, 0.15) is 83.3 Å². The van der Waals surface area contributed by atoms with E-state index in [-0.39, 0.29) is 25.4 Å². The molecule has 47 heavy (non-hydrogen) atoms. The normalized spacial score (nSPS) is 17.7. The molecule has 0 amide bonds. The lowest BCUT2D eigenvalue weighted by Crippen LogP contribution is -2.30. The van der Waals surface area contributed by atoms with Crippen LogP contribution in [0.4, 0.5) is 0 Å². The molecule has 2 aliphatic heterocycles. The molecule has 0 spiro atoms. The molecule has 6 nitrogen and oxygen atoms in total. The van der Waals surface area contributed by atoms with Crippen molar-refractivity contribution < 1.29 is 29.2 Å². The Morgan fingerprint density at radius 1 is 0.617 bits per heavy atom. The molecule has 0 radical (unpaired) electrons. The van der Waals surface area contributed by atoms with Gasteiger partial charge in [0.2, 0.25) is 0 Å². The van der Waals surface area contributed by atoms with E-state index >= 15 is 0 Å². The molecule has 4 aromatic carbocycles. The lowest BCUT2D eigenvalue weighted by Gasteiger charge is -2.36. The van der Waals surface area contributed by atoms with E-state index < -0.39 is 5.41 Å². The highest BCUT2D eigenvalue weighted by Gasteiger charge is 2.47. The second-order valence-corrected chi connectivity index (χ2v) is 12.3. The van der Waals surface area contributed by atoms with Gasteiger partial charge >= 0.3 is 0 Å². The van der Waals surface area contributed by atoms with E-state index in [1.807, 2.05) is 41.5 Å². The molecule has 7 rings (SSSR count). The molecule has 2 unspecified atom stereocenters. The van der Waals surface area contributed by atoms with E-state index in [4.69, 9.17) is 18.9 Å². The minimum absolute atomic E-state index is 0.114. The maximum Gasteiger partial charge on any atom is 0.127 e. The molecule has 3 aliphatic rings. The van der Waals surface area contributed by atoms with Gasteiger partial charge in [-0.2, -0.15) is 0 Å². The van der Waals surface area contributed by atoms with Crippen molar-refractivity contribution in [2.75, 3.05) is 26.4 Å². The molecule has 2 N–H and O–H groups in total. The summed E-state index contributed by atoms with van der Waals surface area (Å²) in [5.74, 6) is 1.42. The molecule has 2 fully saturated rings. The van der Waals surface area contributed by atoms with E-state index in [0.29, 0.717) is 37.9 Å². The van der Waals surface area contributed by atoms with Crippen LogP contribution in [0.15, 0.2) is 60.7 Å². The van der Waals surface area contributed by atoms with Crippen molar-refractivity contribution in [3.63, 3.8) is 0 Å². The highest BCUT2D eigenvalue weighted by atomic mass is 16.6. The van der Waals surface area contributed by atoms with Crippen LogP contribution in [0.5, 0.6) is 11.5 Å². The molecule has 2 heterocycles. The van der Waals surface area contributed by atoms with Gasteiger partial charge in [-0.1, -0.05) is 87.4 Å². The Labute approximate surface area is 280 Å². The van der Waals surface area contributed by atoms with Gasteiger partial charge in [0.25, 0.3) is 0 Å². The van der Waals surface area contributed by atoms with Gasteiger partial charge < -0.3 is 29.2 Å². The fourth-order valence-electron chi connectivity index (χ4n) is 6.80. The summed E-state index contributed by atoms with van der Waals surface area (Å²) < 4.78 is 23.1. The van der Waals surface area contributed by atoms with Gasteiger partial charge in [-0.3, -0.25) is 0 Å². The maximum atomic E-state index is 10.6. The number of benzene rings is 4. The van der Waals surface area contributed by atoms with Gasteiger partial charge in [-0.05, 0) is 84.3 Å². The molecule has 1 aliphatic carbocycles. The Balaban J connectivity index is 0.00000105. The van der Waals surface area contributed by atoms with Crippen LogP contribution >= 0.6 is 0 Å². The third kappa shape index (κ3) is 6.57. The molecule has 0 aromatic heterocycles. The van der Waals surface area contributed by atoms with Gasteiger partial charge in [-0.25, -0.2) is 0 Å². The zero-order valence-electron chi connectivity index (χ0n) is 29.2. The van der Waals surface area contributed by atoms with E-state index in [1.54, 1.807) is 0 Å². The van der Waals surface area contributed by atoms with Crippen molar-refractivity contribution in [1.82, 2.24) is 0 Å². The van der Waals surface area contributed by atoms with Crippen LogP contribution in [0.3, 0.4) is 0 Å². The van der Waals surface area contributed by atoms with Crippen molar-refractivity contribution in [2.45, 2.75) is 86.2 Å². The first-order chi connectivity index (χ1) is 22.8. The summed E-state index contributed by atoms with van der Waals surface area (Å²) >= 11 is 0. The molecule has 2 saturated heterocycles. The molecular formula is C41H50O6. The van der Waals surface area contributed by atoms with E-state index in [9.17, 15) is 10.2 Å². The molecule has 0 saturated carbocycles. The van der Waals surface area contributed by atoms with Crippen LogP contribution < -0.4 is 9.47 Å². The quantitative estimate of drug-likeness (QED) is 0.152. The van der Waals surface area contributed by atoms with Crippen molar-refractivity contribution in [3.05, 3.63) is 116 Å². The summed E-state index contributed by atoms with van der Waals surface area (Å²) in [4.78, 5) is 0. The van der Waals surface area contributed by atoms with Gasteiger partial charge in [0.15, 0.2) is 0 Å². The first kappa shape index (κ1) is 34.6. The molecular weight excluding hydrogens is 588 g/mol. The lowest BCUT2D eigenvalue weighted by atomic mass is 9.66. The van der Waals surface area contributed by atoms with Crippen LogP contribution in [0, 0.1) is 27.7 Å². The third-order valence-corrected chi connectivity index (χ3v) is 8.99. The van der Waals surface area contributed by atoms with Crippen molar-refractivity contribution >= 4 is 0 Å². The Kier molecular flexibility index (Phi) is 10.8. The van der Waals surface area contributed by atoms with Gasteiger partial charge in [0, 0.05) is 11.1 Å². The number of rotatable bonds is 10. The van der Waals surface area contributed by atoms with E-state index in [1.165, 1.54) is 33.4 Å². The van der Waals surface area contributed by atoms with E-state index in [2.05, 4.69) is 74.5 Å². The van der Waals surface area contributed by atoms with Crippen LogP contribution in [-0.4, -0.2) is 48.8 Å². The summed E-state index contributed by atoms with van der Waals surface area (Å²) in [6, 6.07) is 22.0. The predicted molar refractivity (Wildman–Crippen MR) is 188 cm³/mol. The number of aliphatic hydroxyl groups is 2. The minimum Gasteiger partial charge on any atom is -0.490 e. The third-order valence-electron chi connectivity index (χ3n) is 8.99. The van der Waals surface area contributed by atoms with Crippen LogP contribution in [0.2, 0.25) is 0 Å². The highest BCUT2D eigenvalue weighted by Crippen LogP contribution is 2.57. The monoisotopic (exact) mass is 638 g/mol. The van der Waals surface area contributed by atoms with Gasteiger partial charge in [-0.15, -0.1) is 0 Å².